The first-order chi connectivity index (χ1) is 11.9. The molecule has 4 rings (SSSR count). The molecule has 0 amide bonds. The highest BCUT2D eigenvalue weighted by Gasteiger charge is 2.60. The molecule has 3 nitrogen and oxygen atoms in total. The summed E-state index contributed by atoms with van der Waals surface area (Å²) in [5, 5.41) is 19.6. The molecule has 0 aromatic carbocycles. The van der Waals surface area contributed by atoms with Gasteiger partial charge in [0.2, 0.25) is 0 Å². The van der Waals surface area contributed by atoms with E-state index in [1.807, 2.05) is 0 Å². The van der Waals surface area contributed by atoms with E-state index in [0.29, 0.717) is 16.9 Å². The number of likely N-dealkylation sites (N-methyl/N-ethyl adjacent to an activating group) is 1. The zero-order chi connectivity index (χ0) is 17.8. The Kier molecular flexibility index (Phi) is 4.74. The average molecular weight is 350 g/mol. The van der Waals surface area contributed by atoms with Crippen molar-refractivity contribution in [3.8, 4) is 0 Å². The van der Waals surface area contributed by atoms with E-state index < -0.39 is 0 Å². The number of hydrogen-bond acceptors (Lipinski definition) is 3. The minimum absolute atomic E-state index is 0.0357. The first-order valence-corrected chi connectivity index (χ1v) is 10.9. The van der Waals surface area contributed by atoms with Gasteiger partial charge >= 0.3 is 0 Å². The summed E-state index contributed by atoms with van der Waals surface area (Å²) in [6.45, 7) is 6.24. The van der Waals surface area contributed by atoms with Crippen molar-refractivity contribution in [1.29, 1.82) is 0 Å². The van der Waals surface area contributed by atoms with Gasteiger partial charge in [0.25, 0.3) is 0 Å². The lowest BCUT2D eigenvalue weighted by Crippen LogP contribution is -2.56. The van der Waals surface area contributed by atoms with E-state index in [1.165, 1.54) is 44.9 Å². The van der Waals surface area contributed by atoms with Crippen LogP contribution in [0, 0.1) is 34.5 Å². The highest BCUT2D eigenvalue weighted by Crippen LogP contribution is 2.66. The van der Waals surface area contributed by atoms with E-state index in [9.17, 15) is 10.2 Å². The van der Waals surface area contributed by atoms with E-state index >= 15 is 0 Å². The number of hydrogen-bond donors (Lipinski definition) is 2. The quantitative estimate of drug-likeness (QED) is 0.817. The standard InChI is InChI=1S/C22H39NO2/c1-21-10-8-16(25)14-15(21)4-5-17-18-6-7-20(23(3)12-13-24)22(18,2)11-9-19(17)21/h15-20,24-25H,4-14H2,1-3H3/t15-,16+,17-,18+,19+,20+,21-,22-/m0/s1. The third kappa shape index (κ3) is 2.72. The van der Waals surface area contributed by atoms with Crippen molar-refractivity contribution in [1.82, 2.24) is 4.90 Å². The van der Waals surface area contributed by atoms with Gasteiger partial charge in [0, 0.05) is 12.6 Å². The number of aliphatic hydroxyl groups excluding tert-OH is 2. The molecular formula is C22H39NO2. The molecule has 0 spiro atoms. The van der Waals surface area contributed by atoms with E-state index in [0.717, 1.165) is 43.1 Å². The predicted octanol–water partition coefficient (Wildman–Crippen LogP) is 3.68. The van der Waals surface area contributed by atoms with Gasteiger partial charge in [0.05, 0.1) is 12.7 Å². The van der Waals surface area contributed by atoms with Crippen LogP contribution < -0.4 is 0 Å². The van der Waals surface area contributed by atoms with Crippen LogP contribution in [0.5, 0.6) is 0 Å². The molecule has 4 aliphatic rings. The van der Waals surface area contributed by atoms with Gasteiger partial charge in [-0.05, 0) is 99.3 Å². The summed E-state index contributed by atoms with van der Waals surface area (Å²) in [7, 11) is 2.22. The summed E-state index contributed by atoms with van der Waals surface area (Å²) in [4.78, 5) is 2.45. The molecule has 0 aromatic rings. The third-order valence-electron chi connectivity index (χ3n) is 9.57. The first-order valence-electron chi connectivity index (χ1n) is 10.9. The molecule has 4 aliphatic carbocycles. The van der Waals surface area contributed by atoms with Crippen LogP contribution in [-0.4, -0.2) is 47.5 Å². The fraction of sp³-hybridized carbons (Fsp3) is 1.00. The molecular weight excluding hydrogens is 310 g/mol. The van der Waals surface area contributed by atoms with Gasteiger partial charge in [-0.15, -0.1) is 0 Å². The predicted molar refractivity (Wildman–Crippen MR) is 101 cm³/mol. The Hall–Kier alpha value is -0.120. The number of aliphatic hydroxyl groups is 2. The maximum atomic E-state index is 10.2. The number of rotatable bonds is 3. The molecule has 8 atom stereocenters. The lowest BCUT2D eigenvalue weighted by Gasteiger charge is -2.61. The Bertz CT molecular complexity index is 496. The van der Waals surface area contributed by atoms with Crippen molar-refractivity contribution in [2.45, 2.75) is 83.8 Å². The second kappa shape index (κ2) is 6.49. The second-order valence-electron chi connectivity index (χ2n) is 10.4. The normalized spacial score (nSPS) is 52.6. The van der Waals surface area contributed by atoms with Crippen LogP contribution in [0.15, 0.2) is 0 Å². The van der Waals surface area contributed by atoms with E-state index in [4.69, 9.17) is 0 Å². The Labute approximate surface area is 154 Å². The van der Waals surface area contributed by atoms with Gasteiger partial charge < -0.3 is 15.1 Å². The fourth-order valence-electron chi connectivity index (χ4n) is 8.25. The maximum Gasteiger partial charge on any atom is 0.0558 e. The van der Waals surface area contributed by atoms with Crippen LogP contribution in [0.2, 0.25) is 0 Å². The molecule has 0 heterocycles. The Morgan fingerprint density at radius 2 is 1.64 bits per heavy atom. The molecule has 25 heavy (non-hydrogen) atoms. The highest BCUT2D eigenvalue weighted by atomic mass is 16.3. The zero-order valence-corrected chi connectivity index (χ0v) is 16.6. The van der Waals surface area contributed by atoms with Crippen molar-refractivity contribution < 1.29 is 10.2 Å². The van der Waals surface area contributed by atoms with Crippen LogP contribution in [0.3, 0.4) is 0 Å². The maximum absolute atomic E-state index is 10.2. The summed E-state index contributed by atoms with van der Waals surface area (Å²) in [5.41, 5.74) is 0.932. The van der Waals surface area contributed by atoms with E-state index in [2.05, 4.69) is 25.8 Å². The molecule has 0 aliphatic heterocycles. The van der Waals surface area contributed by atoms with Gasteiger partial charge in [-0.25, -0.2) is 0 Å². The summed E-state index contributed by atoms with van der Waals surface area (Å²) in [6.07, 6.45) is 11.5. The van der Waals surface area contributed by atoms with Crippen LogP contribution in [0.4, 0.5) is 0 Å². The summed E-state index contributed by atoms with van der Waals surface area (Å²) < 4.78 is 0. The third-order valence-corrected chi connectivity index (χ3v) is 9.57. The van der Waals surface area contributed by atoms with Crippen molar-refractivity contribution in [2.75, 3.05) is 20.2 Å². The van der Waals surface area contributed by atoms with E-state index in [-0.39, 0.29) is 12.7 Å². The monoisotopic (exact) mass is 349 g/mol. The highest BCUT2D eigenvalue weighted by molar-refractivity contribution is 5.11. The van der Waals surface area contributed by atoms with Crippen molar-refractivity contribution >= 4 is 0 Å². The van der Waals surface area contributed by atoms with Gasteiger partial charge in [0.1, 0.15) is 0 Å². The number of fused-ring (bicyclic) bond motifs is 5. The summed E-state index contributed by atoms with van der Waals surface area (Å²) >= 11 is 0. The Morgan fingerprint density at radius 1 is 0.920 bits per heavy atom. The van der Waals surface area contributed by atoms with Crippen LogP contribution in [0.1, 0.15) is 71.6 Å². The van der Waals surface area contributed by atoms with Gasteiger partial charge in [0.15, 0.2) is 0 Å². The molecule has 0 aromatic heterocycles. The molecule has 2 N–H and O–H groups in total. The van der Waals surface area contributed by atoms with Gasteiger partial charge in [-0.1, -0.05) is 13.8 Å². The van der Waals surface area contributed by atoms with Crippen molar-refractivity contribution in [3.63, 3.8) is 0 Å². The largest absolute Gasteiger partial charge is 0.395 e. The van der Waals surface area contributed by atoms with E-state index in [1.54, 1.807) is 0 Å². The molecule has 4 fully saturated rings. The topological polar surface area (TPSA) is 43.7 Å². The molecule has 144 valence electrons. The molecule has 3 heteroatoms. The lowest BCUT2D eigenvalue weighted by atomic mass is 9.45. The van der Waals surface area contributed by atoms with Crippen LogP contribution in [-0.2, 0) is 0 Å². The second-order valence-corrected chi connectivity index (χ2v) is 10.4. The van der Waals surface area contributed by atoms with Crippen LogP contribution >= 0.6 is 0 Å². The summed E-state index contributed by atoms with van der Waals surface area (Å²) in [6, 6.07) is 0.657. The van der Waals surface area contributed by atoms with Gasteiger partial charge in [-0.2, -0.15) is 0 Å². The Balaban J connectivity index is 1.56. The Morgan fingerprint density at radius 3 is 2.40 bits per heavy atom. The molecule has 0 bridgehead atoms. The molecule has 4 saturated carbocycles. The van der Waals surface area contributed by atoms with Crippen LogP contribution in [0.25, 0.3) is 0 Å². The number of nitrogens with zero attached hydrogens (tertiary/aromatic N) is 1. The minimum atomic E-state index is -0.0357. The van der Waals surface area contributed by atoms with Crippen molar-refractivity contribution in [2.24, 2.45) is 34.5 Å². The molecule has 0 unspecified atom stereocenters. The SMILES string of the molecule is CN(CCO)[C@@H]1CC[C@@H]2[C@@H]3CC[C@H]4C[C@H](O)CC[C@]4(C)[C@@H]3CC[C@@]21C. The molecule has 0 radical (unpaired) electrons. The zero-order valence-electron chi connectivity index (χ0n) is 16.6. The average Bonchev–Trinajstić information content (AvgIpc) is 2.93. The first kappa shape index (κ1) is 18.3. The smallest absolute Gasteiger partial charge is 0.0558 e. The molecule has 0 saturated heterocycles. The van der Waals surface area contributed by atoms with Crippen molar-refractivity contribution in [3.05, 3.63) is 0 Å². The van der Waals surface area contributed by atoms with Gasteiger partial charge in [-0.3, -0.25) is 0 Å². The fourth-order valence-corrected chi connectivity index (χ4v) is 8.25. The lowest BCUT2D eigenvalue weighted by molar-refractivity contribution is -0.128. The minimum Gasteiger partial charge on any atom is -0.395 e. The summed E-state index contributed by atoms with van der Waals surface area (Å²) in [5.74, 6) is 3.43.